The van der Waals surface area contributed by atoms with Crippen molar-refractivity contribution in [3.8, 4) is 0 Å². The first kappa shape index (κ1) is 20.7. The van der Waals surface area contributed by atoms with Crippen molar-refractivity contribution in [2.24, 2.45) is 5.92 Å². The number of hydrogen-bond donors (Lipinski definition) is 1. The minimum Gasteiger partial charge on any atom is -0.299 e. The molecule has 0 amide bonds. The third-order valence-corrected chi connectivity index (χ3v) is 7.50. The van der Waals surface area contributed by atoms with Gasteiger partial charge in [0.25, 0.3) is 5.56 Å². The van der Waals surface area contributed by atoms with Crippen LogP contribution in [0.5, 0.6) is 0 Å². The minimum absolute atomic E-state index is 0.0559. The molecule has 0 aliphatic carbocycles. The van der Waals surface area contributed by atoms with Crippen molar-refractivity contribution >= 4 is 10.0 Å². The first-order chi connectivity index (χ1) is 13.0. The van der Waals surface area contributed by atoms with E-state index in [0.29, 0.717) is 43.9 Å². The summed E-state index contributed by atoms with van der Waals surface area (Å²) in [6.45, 7) is 11.0. The van der Waals surface area contributed by atoms with E-state index in [2.05, 4.69) is 15.2 Å². The summed E-state index contributed by atoms with van der Waals surface area (Å²) < 4.78 is 29.0. The molecule has 0 bridgehead atoms. The largest absolute Gasteiger partial charge is 0.299 e. The first-order valence-corrected chi connectivity index (χ1v) is 11.0. The van der Waals surface area contributed by atoms with Gasteiger partial charge in [-0.25, -0.2) is 13.4 Å². The first-order valence-electron chi connectivity index (χ1n) is 9.59. The van der Waals surface area contributed by atoms with Crippen LogP contribution in [-0.4, -0.2) is 45.6 Å². The van der Waals surface area contributed by atoms with Crippen molar-refractivity contribution in [2.45, 2.75) is 64.3 Å². The van der Waals surface area contributed by atoms with E-state index >= 15 is 0 Å². The summed E-state index contributed by atoms with van der Waals surface area (Å²) in [6, 6.07) is 1.60. The van der Waals surface area contributed by atoms with Crippen molar-refractivity contribution in [1.82, 2.24) is 24.1 Å². The molecule has 0 radical (unpaired) electrons. The third-order valence-electron chi connectivity index (χ3n) is 5.33. The lowest BCUT2D eigenvalue weighted by molar-refractivity contribution is 0.250. The molecule has 1 N–H and O–H groups in total. The number of nitrogens with one attached hydrogen (secondary N) is 1. The van der Waals surface area contributed by atoms with Crippen LogP contribution in [0.2, 0.25) is 0 Å². The van der Waals surface area contributed by atoms with E-state index < -0.39 is 10.0 Å². The number of rotatable bonds is 4. The highest BCUT2D eigenvalue weighted by atomic mass is 32.2. The van der Waals surface area contributed by atoms with Gasteiger partial charge in [-0.1, -0.05) is 20.8 Å². The fourth-order valence-corrected chi connectivity index (χ4v) is 5.43. The lowest BCUT2D eigenvalue weighted by atomic mass is 9.92. The van der Waals surface area contributed by atoms with E-state index in [4.69, 9.17) is 0 Å². The number of piperidine rings is 1. The van der Waals surface area contributed by atoms with E-state index in [9.17, 15) is 13.2 Å². The van der Waals surface area contributed by atoms with Gasteiger partial charge >= 0.3 is 0 Å². The van der Waals surface area contributed by atoms with Crippen molar-refractivity contribution in [3.63, 3.8) is 0 Å². The van der Waals surface area contributed by atoms with Crippen LogP contribution in [0.25, 0.3) is 0 Å². The molecular formula is C19H29N5O3S. The Kier molecular flexibility index (Phi) is 5.51. The number of nitrogens with zero attached hydrogens (tertiary/aromatic N) is 4. The van der Waals surface area contributed by atoms with Crippen LogP contribution in [0.4, 0.5) is 0 Å². The zero-order valence-corrected chi connectivity index (χ0v) is 18.0. The highest BCUT2D eigenvalue weighted by molar-refractivity contribution is 7.89. The van der Waals surface area contributed by atoms with E-state index in [1.807, 2.05) is 20.8 Å². The molecule has 1 fully saturated rings. The van der Waals surface area contributed by atoms with Crippen molar-refractivity contribution in [2.75, 3.05) is 13.1 Å². The molecule has 0 aromatic carbocycles. The Morgan fingerprint density at radius 3 is 2.36 bits per heavy atom. The van der Waals surface area contributed by atoms with Gasteiger partial charge in [-0.2, -0.15) is 9.40 Å². The summed E-state index contributed by atoms with van der Waals surface area (Å²) >= 11 is 0. The Bertz CT molecular complexity index is 989. The molecule has 0 atom stereocenters. The number of hydrogen-bond acceptors (Lipinski definition) is 5. The molecular weight excluding hydrogens is 378 g/mol. The second-order valence-corrected chi connectivity index (χ2v) is 10.5. The summed E-state index contributed by atoms with van der Waals surface area (Å²) in [4.78, 5) is 17.1. The average molecular weight is 408 g/mol. The maximum Gasteiger partial charge on any atom is 0.253 e. The highest BCUT2D eigenvalue weighted by Gasteiger charge is 2.33. The Balaban J connectivity index is 1.67. The van der Waals surface area contributed by atoms with Gasteiger partial charge in [-0.3, -0.25) is 14.5 Å². The lowest BCUT2D eigenvalue weighted by Gasteiger charge is -2.31. The fraction of sp³-hybridized carbons (Fsp3) is 0.632. The van der Waals surface area contributed by atoms with Crippen LogP contribution < -0.4 is 5.56 Å². The van der Waals surface area contributed by atoms with Gasteiger partial charge in [0.2, 0.25) is 10.0 Å². The van der Waals surface area contributed by atoms with Crippen LogP contribution in [0.1, 0.15) is 50.7 Å². The van der Waals surface area contributed by atoms with E-state index in [-0.39, 0.29) is 21.8 Å². The molecule has 28 heavy (non-hydrogen) atoms. The standard InChI is InChI=1S/C19H29N5O3S/c1-13-18(14(2)22-21-13)28(26,27)24-8-6-15(7-9-24)11-23-12-20-16(10-17(23)25)19(3,4)5/h10,12,15H,6-9,11H2,1-5H3,(H,21,22). The maximum atomic E-state index is 12.9. The van der Waals surface area contributed by atoms with E-state index in [0.717, 1.165) is 5.69 Å². The summed E-state index contributed by atoms with van der Waals surface area (Å²) in [7, 11) is -3.55. The van der Waals surface area contributed by atoms with Crippen LogP contribution >= 0.6 is 0 Å². The predicted octanol–water partition coefficient (Wildman–Crippen LogP) is 1.98. The quantitative estimate of drug-likeness (QED) is 0.835. The predicted molar refractivity (Wildman–Crippen MR) is 107 cm³/mol. The van der Waals surface area contributed by atoms with Crippen LogP contribution in [0.15, 0.2) is 22.1 Å². The third kappa shape index (κ3) is 4.05. The Morgan fingerprint density at radius 1 is 1.21 bits per heavy atom. The zero-order chi connectivity index (χ0) is 20.7. The second-order valence-electron chi connectivity index (χ2n) is 8.63. The molecule has 1 aliphatic rings. The highest BCUT2D eigenvalue weighted by Crippen LogP contribution is 2.27. The van der Waals surface area contributed by atoms with Gasteiger partial charge in [0.1, 0.15) is 4.90 Å². The molecule has 1 aliphatic heterocycles. The number of sulfonamides is 1. The Labute approximate surface area is 166 Å². The van der Waals surface area contributed by atoms with Crippen molar-refractivity contribution in [3.05, 3.63) is 39.8 Å². The number of aromatic nitrogens is 4. The maximum absolute atomic E-state index is 12.9. The van der Waals surface area contributed by atoms with Gasteiger partial charge in [0.05, 0.1) is 23.4 Å². The van der Waals surface area contributed by atoms with E-state index in [1.165, 1.54) is 4.31 Å². The summed E-state index contributed by atoms with van der Waals surface area (Å²) in [5.41, 5.74) is 1.62. The molecule has 3 heterocycles. The van der Waals surface area contributed by atoms with Crippen molar-refractivity contribution < 1.29 is 8.42 Å². The molecule has 0 saturated carbocycles. The SMILES string of the molecule is Cc1n[nH]c(C)c1S(=O)(=O)N1CCC(Cn2cnc(C(C)(C)C)cc2=O)CC1. The zero-order valence-electron chi connectivity index (χ0n) is 17.2. The molecule has 9 heteroatoms. The summed E-state index contributed by atoms with van der Waals surface area (Å²) in [5, 5.41) is 6.75. The molecule has 0 spiro atoms. The summed E-state index contributed by atoms with van der Waals surface area (Å²) in [5.74, 6) is 0.248. The van der Waals surface area contributed by atoms with Crippen LogP contribution in [0.3, 0.4) is 0 Å². The number of aryl methyl sites for hydroxylation is 2. The van der Waals surface area contributed by atoms with Gasteiger partial charge in [-0.15, -0.1) is 0 Å². The average Bonchev–Trinajstić information content (AvgIpc) is 2.95. The minimum atomic E-state index is -3.55. The lowest BCUT2D eigenvalue weighted by Crippen LogP contribution is -2.40. The molecule has 0 unspecified atom stereocenters. The molecule has 1 saturated heterocycles. The Morgan fingerprint density at radius 2 is 1.86 bits per heavy atom. The van der Waals surface area contributed by atoms with Crippen LogP contribution in [0, 0.1) is 19.8 Å². The van der Waals surface area contributed by atoms with Gasteiger partial charge < -0.3 is 0 Å². The topological polar surface area (TPSA) is 101 Å². The fourth-order valence-electron chi connectivity index (χ4n) is 3.63. The number of aromatic amines is 1. The van der Waals surface area contributed by atoms with Gasteiger partial charge in [0.15, 0.2) is 0 Å². The number of H-pyrrole nitrogens is 1. The normalized spacial score (nSPS) is 17.2. The Hall–Kier alpha value is -2.00. The van der Waals surface area contributed by atoms with Crippen LogP contribution in [-0.2, 0) is 22.0 Å². The molecule has 154 valence electrons. The second kappa shape index (κ2) is 7.44. The van der Waals surface area contributed by atoms with Crippen molar-refractivity contribution in [1.29, 1.82) is 0 Å². The molecule has 3 rings (SSSR count). The van der Waals surface area contributed by atoms with Gasteiger partial charge in [-0.05, 0) is 32.6 Å². The molecule has 2 aromatic rings. The molecule has 8 nitrogen and oxygen atoms in total. The molecule has 2 aromatic heterocycles. The van der Waals surface area contributed by atoms with Gasteiger partial charge in [0, 0.05) is 31.1 Å². The monoisotopic (exact) mass is 407 g/mol. The van der Waals surface area contributed by atoms with E-state index in [1.54, 1.807) is 30.8 Å². The summed E-state index contributed by atoms with van der Waals surface area (Å²) in [6.07, 6.45) is 3.04. The smallest absolute Gasteiger partial charge is 0.253 e.